The van der Waals surface area contributed by atoms with Gasteiger partial charge in [-0.2, -0.15) is 0 Å². The zero-order valence-electron chi connectivity index (χ0n) is 20.0. The highest BCUT2D eigenvalue weighted by atomic mass is 16.5. The Hall–Kier alpha value is -3.17. The summed E-state index contributed by atoms with van der Waals surface area (Å²) in [5.74, 6) is 0.941. The molecule has 10 nitrogen and oxygen atoms in total. The molecule has 2 aromatic rings. The Morgan fingerprint density at radius 3 is 2.76 bits per heavy atom. The summed E-state index contributed by atoms with van der Waals surface area (Å²) in [4.78, 5) is 28.1. The third-order valence-corrected chi connectivity index (χ3v) is 6.89. The maximum Gasteiger partial charge on any atom is 0.407 e. The smallest absolute Gasteiger partial charge is 0.407 e. The number of carboxylic acids is 1. The van der Waals surface area contributed by atoms with Crippen molar-refractivity contribution in [1.82, 2.24) is 25.3 Å². The first-order valence-corrected chi connectivity index (χ1v) is 12.0. The summed E-state index contributed by atoms with van der Waals surface area (Å²) in [6.07, 6.45) is 4.41. The molecule has 2 saturated carbocycles. The Kier molecular flexibility index (Phi) is 7.33. The van der Waals surface area contributed by atoms with Gasteiger partial charge in [0, 0.05) is 7.05 Å². The topological polar surface area (TPSA) is 128 Å². The Morgan fingerprint density at radius 2 is 2.06 bits per heavy atom. The van der Waals surface area contributed by atoms with Crippen LogP contribution in [0.2, 0.25) is 0 Å². The van der Waals surface area contributed by atoms with Crippen LogP contribution in [0, 0.1) is 24.7 Å². The summed E-state index contributed by atoms with van der Waals surface area (Å²) in [6.45, 7) is 4.70. The lowest BCUT2D eigenvalue weighted by Gasteiger charge is -2.27. The molecule has 0 aromatic carbocycles. The van der Waals surface area contributed by atoms with Crippen LogP contribution in [0.4, 0.5) is 4.79 Å². The SMILES string of the molecule is Cc1nc(-c2nnn(C)c2CNC(=O)OCCC2CC2C)ccc1O[C@H]1CCC[C@H](C(=O)O)C1. The van der Waals surface area contributed by atoms with Gasteiger partial charge in [0.05, 0.1) is 42.3 Å². The van der Waals surface area contributed by atoms with Crippen molar-refractivity contribution in [3.8, 4) is 17.1 Å². The average molecular weight is 472 g/mol. The number of aliphatic carboxylic acids is 1. The average Bonchev–Trinajstić information content (AvgIpc) is 3.38. The molecule has 4 atom stereocenters. The van der Waals surface area contributed by atoms with E-state index in [1.54, 1.807) is 11.7 Å². The van der Waals surface area contributed by atoms with E-state index in [4.69, 9.17) is 9.47 Å². The van der Waals surface area contributed by atoms with Gasteiger partial charge >= 0.3 is 12.1 Å². The minimum atomic E-state index is -0.760. The van der Waals surface area contributed by atoms with Crippen molar-refractivity contribution in [2.75, 3.05) is 6.61 Å². The van der Waals surface area contributed by atoms with Crippen molar-refractivity contribution in [2.24, 2.45) is 24.8 Å². The molecule has 0 aliphatic heterocycles. The maximum atomic E-state index is 12.1. The highest BCUT2D eigenvalue weighted by Gasteiger charge is 2.32. The maximum absolute atomic E-state index is 12.1. The van der Waals surface area contributed by atoms with Gasteiger partial charge in [0.15, 0.2) is 0 Å². The van der Waals surface area contributed by atoms with Crippen LogP contribution >= 0.6 is 0 Å². The van der Waals surface area contributed by atoms with Gasteiger partial charge in [-0.05, 0) is 69.4 Å². The van der Waals surface area contributed by atoms with Gasteiger partial charge in [-0.15, -0.1) is 5.10 Å². The number of amides is 1. The zero-order valence-corrected chi connectivity index (χ0v) is 20.0. The lowest BCUT2D eigenvalue weighted by atomic mass is 9.87. The monoisotopic (exact) mass is 471 g/mol. The van der Waals surface area contributed by atoms with E-state index in [-0.39, 0.29) is 18.6 Å². The summed E-state index contributed by atoms with van der Waals surface area (Å²) in [5.41, 5.74) is 2.60. The molecule has 10 heteroatoms. The number of aromatic nitrogens is 4. The predicted molar refractivity (Wildman–Crippen MR) is 123 cm³/mol. The van der Waals surface area contributed by atoms with Gasteiger partial charge in [0.2, 0.25) is 0 Å². The molecule has 4 rings (SSSR count). The summed E-state index contributed by atoms with van der Waals surface area (Å²) in [6, 6.07) is 3.64. The number of carbonyl (C=O) groups is 2. The molecule has 2 fully saturated rings. The number of rotatable bonds is 9. The first-order valence-electron chi connectivity index (χ1n) is 12.0. The molecule has 0 radical (unpaired) electrons. The molecule has 2 aromatic heterocycles. The van der Waals surface area contributed by atoms with Crippen LogP contribution in [0.15, 0.2) is 12.1 Å². The van der Waals surface area contributed by atoms with E-state index >= 15 is 0 Å². The third-order valence-electron chi connectivity index (χ3n) is 6.89. The van der Waals surface area contributed by atoms with Gasteiger partial charge in [-0.25, -0.2) is 14.5 Å². The highest BCUT2D eigenvalue weighted by molar-refractivity contribution is 5.70. The number of hydrogen-bond donors (Lipinski definition) is 2. The number of ether oxygens (including phenoxy) is 2. The standard InChI is InChI=1S/C24H33N5O5/c1-14-11-16(14)9-10-33-24(32)25-13-20-22(27-28-29(20)3)19-7-8-21(15(2)26-19)34-18-6-4-5-17(12-18)23(30)31/h7-8,14,16-18H,4-6,9-13H2,1-3H3,(H,25,32)(H,30,31)/t14?,16?,17-,18-/m0/s1. The molecule has 0 spiro atoms. The van der Waals surface area contributed by atoms with Gasteiger partial charge < -0.3 is 19.9 Å². The lowest BCUT2D eigenvalue weighted by molar-refractivity contribution is -0.143. The second-order valence-electron chi connectivity index (χ2n) is 9.48. The highest BCUT2D eigenvalue weighted by Crippen LogP contribution is 2.40. The van der Waals surface area contributed by atoms with E-state index in [9.17, 15) is 14.7 Å². The summed E-state index contributed by atoms with van der Waals surface area (Å²) in [7, 11) is 1.76. The number of aryl methyl sites for hydroxylation is 2. The quantitative estimate of drug-likeness (QED) is 0.569. The fraction of sp³-hybridized carbons (Fsp3) is 0.625. The van der Waals surface area contributed by atoms with Crippen LogP contribution in [0.5, 0.6) is 5.75 Å². The van der Waals surface area contributed by atoms with Crippen LogP contribution < -0.4 is 10.1 Å². The van der Waals surface area contributed by atoms with Crippen molar-refractivity contribution >= 4 is 12.1 Å². The number of hydrogen-bond acceptors (Lipinski definition) is 7. The number of nitrogens with one attached hydrogen (secondary N) is 1. The molecule has 184 valence electrons. The Bertz CT molecular complexity index is 1040. The van der Waals surface area contributed by atoms with Crippen molar-refractivity contribution in [2.45, 2.75) is 65.0 Å². The minimum absolute atomic E-state index is 0.133. The van der Waals surface area contributed by atoms with Crippen LogP contribution in [-0.2, 0) is 23.1 Å². The van der Waals surface area contributed by atoms with Crippen LogP contribution in [0.1, 0.15) is 56.8 Å². The molecule has 2 aliphatic carbocycles. The van der Waals surface area contributed by atoms with Gasteiger partial charge in [-0.3, -0.25) is 4.79 Å². The number of nitrogens with zero attached hydrogens (tertiary/aromatic N) is 4. The summed E-state index contributed by atoms with van der Waals surface area (Å²) < 4.78 is 13.0. The molecule has 34 heavy (non-hydrogen) atoms. The fourth-order valence-electron chi connectivity index (χ4n) is 4.55. The molecule has 1 amide bonds. The summed E-state index contributed by atoms with van der Waals surface area (Å²) >= 11 is 0. The summed E-state index contributed by atoms with van der Waals surface area (Å²) in [5, 5.41) is 20.4. The molecule has 2 heterocycles. The Morgan fingerprint density at radius 1 is 1.26 bits per heavy atom. The minimum Gasteiger partial charge on any atom is -0.489 e. The number of pyridine rings is 1. The third kappa shape index (κ3) is 5.84. The number of carboxylic acid groups (broad SMARTS) is 1. The lowest BCUT2D eigenvalue weighted by Crippen LogP contribution is -2.29. The van der Waals surface area contributed by atoms with Crippen LogP contribution in [0.3, 0.4) is 0 Å². The van der Waals surface area contributed by atoms with E-state index in [1.165, 1.54) is 6.42 Å². The molecule has 2 N–H and O–H groups in total. The van der Waals surface area contributed by atoms with Crippen LogP contribution in [0.25, 0.3) is 11.4 Å². The second kappa shape index (κ2) is 10.4. The van der Waals surface area contributed by atoms with Gasteiger partial charge in [-0.1, -0.05) is 12.1 Å². The van der Waals surface area contributed by atoms with Crippen LogP contribution in [-0.4, -0.2) is 49.9 Å². The fourth-order valence-corrected chi connectivity index (χ4v) is 4.55. The number of alkyl carbamates (subject to hydrolysis) is 1. The molecule has 2 aliphatic rings. The van der Waals surface area contributed by atoms with Crippen molar-refractivity contribution in [3.05, 3.63) is 23.5 Å². The molecule has 0 saturated heterocycles. The molecular weight excluding hydrogens is 438 g/mol. The zero-order chi connectivity index (χ0) is 24.2. The van der Waals surface area contributed by atoms with E-state index in [0.29, 0.717) is 53.9 Å². The van der Waals surface area contributed by atoms with Crippen molar-refractivity contribution in [3.63, 3.8) is 0 Å². The van der Waals surface area contributed by atoms with Gasteiger partial charge in [0.25, 0.3) is 0 Å². The largest absolute Gasteiger partial charge is 0.489 e. The van der Waals surface area contributed by atoms with Crippen molar-refractivity contribution in [1.29, 1.82) is 0 Å². The normalized spacial score (nSPS) is 23.9. The van der Waals surface area contributed by atoms with E-state index in [0.717, 1.165) is 25.2 Å². The first kappa shape index (κ1) is 24.0. The van der Waals surface area contributed by atoms with Crippen molar-refractivity contribution < 1.29 is 24.2 Å². The first-order chi connectivity index (χ1) is 16.3. The second-order valence-corrected chi connectivity index (χ2v) is 9.48. The molecule has 2 unspecified atom stereocenters. The Labute approximate surface area is 199 Å². The molecule has 0 bridgehead atoms. The van der Waals surface area contributed by atoms with E-state index in [1.807, 2.05) is 19.1 Å². The number of carbonyl (C=O) groups excluding carboxylic acids is 1. The predicted octanol–water partition coefficient (Wildman–Crippen LogP) is 3.48. The Balaban J connectivity index is 1.36. The molecular formula is C24H33N5O5. The van der Waals surface area contributed by atoms with E-state index in [2.05, 4.69) is 27.5 Å². The van der Waals surface area contributed by atoms with Gasteiger partial charge in [0.1, 0.15) is 11.4 Å². The van der Waals surface area contributed by atoms with E-state index < -0.39 is 12.1 Å².